The molecule has 1 aromatic carbocycles. The first-order chi connectivity index (χ1) is 16.5. The minimum absolute atomic E-state index is 0.114. The van der Waals surface area contributed by atoms with Crippen molar-refractivity contribution in [1.29, 1.82) is 0 Å². The Morgan fingerprint density at radius 2 is 1.51 bits per heavy atom. The Bertz CT molecular complexity index is 825. The molecule has 0 bridgehead atoms. The number of esters is 1. The summed E-state index contributed by atoms with van der Waals surface area (Å²) in [6.45, 7) is 9.91. The maximum absolute atomic E-state index is 12.7. The predicted octanol–water partition coefficient (Wildman–Crippen LogP) is 2.02. The maximum Gasteiger partial charge on any atom is 0.308 e. The van der Waals surface area contributed by atoms with Gasteiger partial charge in [-0.05, 0) is 30.5 Å². The summed E-state index contributed by atoms with van der Waals surface area (Å²) >= 11 is 0. The lowest BCUT2D eigenvalue weighted by atomic mass is 10.0. The normalized spacial score (nSPS) is 12.7. The number of benzene rings is 1. The smallest absolute Gasteiger partial charge is 0.308 e. The molecule has 1 rings (SSSR count). The molecule has 0 fully saturated rings. The molecule has 0 aromatic heterocycles. The van der Waals surface area contributed by atoms with E-state index in [2.05, 4.69) is 16.0 Å². The molecule has 1 aromatic rings. The van der Waals surface area contributed by atoms with Crippen molar-refractivity contribution in [3.8, 4) is 0 Å². The van der Waals surface area contributed by atoms with Crippen LogP contribution in [0.1, 0.15) is 46.6 Å². The molecule has 0 aliphatic carbocycles. The van der Waals surface area contributed by atoms with Crippen LogP contribution in [0.3, 0.4) is 0 Å². The molecule has 0 spiro atoms. The van der Waals surface area contributed by atoms with Gasteiger partial charge in [-0.3, -0.25) is 19.2 Å². The molecule has 10 heteroatoms. The van der Waals surface area contributed by atoms with Crippen LogP contribution in [0.25, 0.3) is 0 Å². The summed E-state index contributed by atoms with van der Waals surface area (Å²) in [5.41, 5.74) is 1.33. The number of carbonyl (C=O) groups is 4. The van der Waals surface area contributed by atoms with E-state index in [4.69, 9.17) is 14.2 Å². The first-order valence-corrected chi connectivity index (χ1v) is 11.8. The van der Waals surface area contributed by atoms with Crippen molar-refractivity contribution in [2.75, 3.05) is 32.2 Å². The maximum atomic E-state index is 12.7. The van der Waals surface area contributed by atoms with Gasteiger partial charge >= 0.3 is 5.97 Å². The molecule has 1 unspecified atom stereocenters. The topological polar surface area (TPSA) is 132 Å². The van der Waals surface area contributed by atoms with Gasteiger partial charge in [-0.2, -0.15) is 0 Å². The number of ether oxygens (including phenoxy) is 3. The number of anilines is 1. The molecule has 0 aliphatic rings. The first kappa shape index (κ1) is 30.1. The number of hydrogen-bond donors (Lipinski definition) is 3. The van der Waals surface area contributed by atoms with Crippen molar-refractivity contribution in [3.05, 3.63) is 29.8 Å². The number of hydrogen-bond acceptors (Lipinski definition) is 7. The monoisotopic (exact) mass is 493 g/mol. The molecule has 3 N–H and O–H groups in total. The Morgan fingerprint density at radius 3 is 2.09 bits per heavy atom. The van der Waals surface area contributed by atoms with Crippen molar-refractivity contribution in [2.24, 2.45) is 11.8 Å². The van der Waals surface area contributed by atoms with Crippen molar-refractivity contribution >= 4 is 29.4 Å². The van der Waals surface area contributed by atoms with Crippen LogP contribution in [0.5, 0.6) is 0 Å². The van der Waals surface area contributed by atoms with Crippen LogP contribution in [0.2, 0.25) is 0 Å². The zero-order chi connectivity index (χ0) is 26.4. The van der Waals surface area contributed by atoms with Gasteiger partial charge in [0.25, 0.3) is 0 Å². The molecule has 2 atom stereocenters. The largest absolute Gasteiger partial charge is 0.461 e. The molecule has 10 nitrogen and oxygen atoms in total. The molecular weight excluding hydrogens is 454 g/mol. The third-order valence-electron chi connectivity index (χ3n) is 5.00. The number of amides is 3. The van der Waals surface area contributed by atoms with Crippen molar-refractivity contribution < 1.29 is 33.4 Å². The van der Waals surface area contributed by atoms with Crippen LogP contribution in [0.4, 0.5) is 5.69 Å². The second kappa shape index (κ2) is 15.8. The van der Waals surface area contributed by atoms with Crippen molar-refractivity contribution in [2.45, 2.75) is 59.7 Å². The third kappa shape index (κ3) is 11.8. The average Bonchev–Trinajstić information content (AvgIpc) is 2.81. The quantitative estimate of drug-likeness (QED) is 0.252. The zero-order valence-electron chi connectivity index (χ0n) is 21.5. The van der Waals surface area contributed by atoms with Gasteiger partial charge in [-0.15, -0.1) is 0 Å². The summed E-state index contributed by atoms with van der Waals surface area (Å²) in [6, 6.07) is 5.26. The molecular formula is C25H39N3O7. The summed E-state index contributed by atoms with van der Waals surface area (Å²) in [5, 5.41) is 8.09. The highest BCUT2D eigenvalue weighted by molar-refractivity contribution is 5.98. The number of carbonyl (C=O) groups excluding carboxylic acids is 4. The molecule has 0 radical (unpaired) electrons. The van der Waals surface area contributed by atoms with Gasteiger partial charge in [0.15, 0.2) is 0 Å². The number of nitrogens with one attached hydrogen (secondary N) is 3. The minimum Gasteiger partial charge on any atom is -0.461 e. The van der Waals surface area contributed by atoms with Gasteiger partial charge in [-0.1, -0.05) is 39.8 Å². The Labute approximate surface area is 207 Å². The lowest BCUT2D eigenvalue weighted by Crippen LogP contribution is -2.53. The van der Waals surface area contributed by atoms with Crippen LogP contribution in [0, 0.1) is 11.8 Å². The van der Waals surface area contributed by atoms with Gasteiger partial charge < -0.3 is 30.2 Å². The molecule has 35 heavy (non-hydrogen) atoms. The van der Waals surface area contributed by atoms with Crippen LogP contribution in [-0.2, 0) is 40.0 Å². The highest BCUT2D eigenvalue weighted by Gasteiger charge is 2.27. The highest BCUT2D eigenvalue weighted by atomic mass is 16.5. The molecule has 0 aliphatic heterocycles. The highest BCUT2D eigenvalue weighted by Crippen LogP contribution is 2.12. The Kier molecular flexibility index (Phi) is 13.6. The number of methoxy groups -OCH3 is 1. The van der Waals surface area contributed by atoms with Crippen LogP contribution in [0.15, 0.2) is 24.3 Å². The fourth-order valence-electron chi connectivity index (χ4n) is 2.81. The van der Waals surface area contributed by atoms with Crippen LogP contribution >= 0.6 is 0 Å². The van der Waals surface area contributed by atoms with E-state index in [0.29, 0.717) is 18.9 Å². The van der Waals surface area contributed by atoms with Gasteiger partial charge in [0.1, 0.15) is 18.7 Å². The molecule has 3 amide bonds. The molecule has 0 saturated heterocycles. The standard InChI is InChI=1S/C25H39N3O7/c1-16(2)22(28-21(29)11-12-34-14-13-33-6)24(31)26-18(5)23(30)27-20-9-7-19(8-10-20)15-35-25(32)17(3)4/h7-10,16-18,22H,11-15H2,1-6H3,(H,26,31)(H,27,30)(H,28,29)/t18?,22-/m1/s1. The average molecular weight is 494 g/mol. The van der Waals surface area contributed by atoms with E-state index in [1.807, 2.05) is 13.8 Å². The fraction of sp³-hybridized carbons (Fsp3) is 0.600. The first-order valence-electron chi connectivity index (χ1n) is 11.8. The summed E-state index contributed by atoms with van der Waals surface area (Å²) in [4.78, 5) is 49.0. The lowest BCUT2D eigenvalue weighted by molar-refractivity contribution is -0.148. The van der Waals surface area contributed by atoms with Gasteiger partial charge in [0.05, 0.1) is 25.7 Å². The van der Waals surface area contributed by atoms with Crippen molar-refractivity contribution in [1.82, 2.24) is 10.6 Å². The van der Waals surface area contributed by atoms with E-state index in [1.54, 1.807) is 52.1 Å². The van der Waals surface area contributed by atoms with E-state index in [9.17, 15) is 19.2 Å². The van der Waals surface area contributed by atoms with Gasteiger partial charge in [-0.25, -0.2) is 0 Å². The van der Waals surface area contributed by atoms with Crippen molar-refractivity contribution in [3.63, 3.8) is 0 Å². The zero-order valence-corrected chi connectivity index (χ0v) is 21.5. The predicted molar refractivity (Wildman–Crippen MR) is 131 cm³/mol. The summed E-state index contributed by atoms with van der Waals surface area (Å²) in [7, 11) is 1.56. The third-order valence-corrected chi connectivity index (χ3v) is 5.00. The SMILES string of the molecule is COCCOCCC(=O)N[C@@H](C(=O)NC(C)C(=O)Nc1ccc(COC(=O)C(C)C)cc1)C(C)C. The van der Waals surface area contributed by atoms with E-state index in [1.165, 1.54) is 0 Å². The Balaban J connectivity index is 2.54. The Morgan fingerprint density at radius 1 is 0.857 bits per heavy atom. The molecule has 0 saturated carbocycles. The molecule has 196 valence electrons. The van der Waals surface area contributed by atoms with E-state index in [0.717, 1.165) is 5.56 Å². The van der Waals surface area contributed by atoms with E-state index in [-0.39, 0.29) is 43.3 Å². The van der Waals surface area contributed by atoms with Crippen LogP contribution < -0.4 is 16.0 Å². The summed E-state index contributed by atoms with van der Waals surface area (Å²) in [6.07, 6.45) is 0.114. The van der Waals surface area contributed by atoms with Gasteiger partial charge in [0, 0.05) is 19.2 Å². The summed E-state index contributed by atoms with van der Waals surface area (Å²) in [5.74, 6) is -1.82. The van der Waals surface area contributed by atoms with Crippen LogP contribution in [-0.4, -0.2) is 62.7 Å². The molecule has 0 heterocycles. The van der Waals surface area contributed by atoms with Gasteiger partial charge in [0.2, 0.25) is 17.7 Å². The minimum atomic E-state index is -0.829. The van der Waals surface area contributed by atoms with E-state index < -0.39 is 23.9 Å². The summed E-state index contributed by atoms with van der Waals surface area (Å²) < 4.78 is 15.3. The fourth-order valence-corrected chi connectivity index (χ4v) is 2.81. The second-order valence-electron chi connectivity index (χ2n) is 8.82. The number of rotatable bonds is 15. The lowest BCUT2D eigenvalue weighted by Gasteiger charge is -2.24. The Hall–Kier alpha value is -2.98. The van der Waals surface area contributed by atoms with E-state index >= 15 is 0 Å². The second-order valence-corrected chi connectivity index (χ2v) is 8.82.